The Kier molecular flexibility index (Phi) is 5.42. The summed E-state index contributed by atoms with van der Waals surface area (Å²) in [6.07, 6.45) is 1.59. The zero-order chi connectivity index (χ0) is 12.8. The second-order valence-corrected chi connectivity index (χ2v) is 4.68. The van der Waals surface area contributed by atoms with Crippen molar-refractivity contribution >= 4 is 17.5 Å². The Hall–Kier alpha value is -1.09. The Morgan fingerprint density at radius 1 is 1.47 bits per heavy atom. The minimum atomic E-state index is -0.390. The van der Waals surface area contributed by atoms with E-state index in [1.807, 2.05) is 6.92 Å². The van der Waals surface area contributed by atoms with Gasteiger partial charge in [-0.15, -0.1) is 11.6 Å². The summed E-state index contributed by atoms with van der Waals surface area (Å²) in [4.78, 5) is 11.7. The maximum atomic E-state index is 13.1. The van der Waals surface area contributed by atoms with Crippen molar-refractivity contribution in [3.63, 3.8) is 0 Å². The molecule has 17 heavy (non-hydrogen) atoms. The fourth-order valence-corrected chi connectivity index (χ4v) is 1.63. The lowest BCUT2D eigenvalue weighted by Gasteiger charge is -2.08. The van der Waals surface area contributed by atoms with Gasteiger partial charge in [0.25, 0.3) is 5.91 Å². The maximum absolute atomic E-state index is 13.1. The van der Waals surface area contributed by atoms with Gasteiger partial charge in [-0.05, 0) is 43.5 Å². The molecule has 0 radical (unpaired) electrons. The minimum Gasteiger partial charge on any atom is -0.352 e. The molecule has 0 heterocycles. The highest BCUT2D eigenvalue weighted by molar-refractivity contribution is 6.20. The van der Waals surface area contributed by atoms with E-state index in [2.05, 4.69) is 5.32 Å². The molecule has 1 atom stereocenters. The topological polar surface area (TPSA) is 29.1 Å². The minimum absolute atomic E-state index is 0.0737. The van der Waals surface area contributed by atoms with Gasteiger partial charge in [-0.3, -0.25) is 4.79 Å². The van der Waals surface area contributed by atoms with Gasteiger partial charge in [0.05, 0.1) is 0 Å². The summed E-state index contributed by atoms with van der Waals surface area (Å²) in [6, 6.07) is 4.29. The molecule has 1 N–H and O–H groups in total. The third-order valence-electron chi connectivity index (χ3n) is 2.49. The van der Waals surface area contributed by atoms with Gasteiger partial charge in [0.1, 0.15) is 5.82 Å². The van der Waals surface area contributed by atoms with E-state index in [0.29, 0.717) is 12.1 Å². The summed E-state index contributed by atoms with van der Waals surface area (Å²) in [5.74, 6) is -0.647. The van der Waals surface area contributed by atoms with Crippen LogP contribution < -0.4 is 5.32 Å². The Balaban J connectivity index is 2.52. The van der Waals surface area contributed by atoms with Gasteiger partial charge < -0.3 is 5.32 Å². The summed E-state index contributed by atoms with van der Waals surface area (Å²) >= 11 is 5.93. The molecule has 0 spiro atoms. The molecule has 0 aliphatic rings. The molecular weight excluding hydrogens is 241 g/mol. The van der Waals surface area contributed by atoms with Crippen molar-refractivity contribution in [3.05, 3.63) is 35.1 Å². The first-order valence-corrected chi connectivity index (χ1v) is 6.16. The number of alkyl halides is 1. The molecule has 0 aliphatic carbocycles. The summed E-state index contributed by atoms with van der Waals surface area (Å²) < 4.78 is 13.1. The van der Waals surface area contributed by atoms with E-state index in [1.165, 1.54) is 12.1 Å². The van der Waals surface area contributed by atoms with Gasteiger partial charge in [0, 0.05) is 17.5 Å². The summed E-state index contributed by atoms with van der Waals surface area (Å²) in [5, 5.41) is 2.80. The standard InChI is InChI=1S/C13H17ClFNO/c1-3-11(14)4-5-16-13(17)10-6-9(2)7-12(15)8-10/h6-8,11H,3-5H2,1-2H3,(H,16,17). The quantitative estimate of drug-likeness (QED) is 0.806. The molecule has 0 fully saturated rings. The number of aryl methyl sites for hydroxylation is 1. The Bertz CT molecular complexity index is 375. The molecular formula is C13H17ClFNO. The SMILES string of the molecule is CCC(Cl)CCNC(=O)c1cc(C)cc(F)c1. The molecule has 4 heteroatoms. The third-order valence-corrected chi connectivity index (χ3v) is 3.02. The molecule has 0 saturated heterocycles. The second kappa shape index (κ2) is 6.60. The highest BCUT2D eigenvalue weighted by Gasteiger charge is 2.08. The molecule has 1 aromatic rings. The summed E-state index contributed by atoms with van der Waals surface area (Å²) in [6.45, 7) is 4.26. The molecule has 1 amide bonds. The van der Waals surface area contributed by atoms with Crippen LogP contribution in [0.4, 0.5) is 4.39 Å². The van der Waals surface area contributed by atoms with E-state index >= 15 is 0 Å². The van der Waals surface area contributed by atoms with Crippen LogP contribution in [-0.4, -0.2) is 17.8 Å². The maximum Gasteiger partial charge on any atom is 0.251 e. The first kappa shape index (κ1) is 14.0. The van der Waals surface area contributed by atoms with Crippen molar-refractivity contribution in [3.8, 4) is 0 Å². The highest BCUT2D eigenvalue weighted by Crippen LogP contribution is 2.09. The number of rotatable bonds is 5. The molecule has 1 rings (SSSR count). The van der Waals surface area contributed by atoms with Gasteiger partial charge in [-0.1, -0.05) is 6.92 Å². The largest absolute Gasteiger partial charge is 0.352 e. The predicted molar refractivity (Wildman–Crippen MR) is 68.0 cm³/mol. The van der Waals surface area contributed by atoms with Crippen LogP contribution in [0.5, 0.6) is 0 Å². The first-order chi connectivity index (χ1) is 8.02. The Labute approximate surface area is 106 Å². The lowest BCUT2D eigenvalue weighted by Crippen LogP contribution is -2.26. The zero-order valence-corrected chi connectivity index (χ0v) is 10.9. The summed E-state index contributed by atoms with van der Waals surface area (Å²) in [5.41, 5.74) is 1.09. The molecule has 0 aliphatic heterocycles. The number of hydrogen-bond acceptors (Lipinski definition) is 1. The van der Waals surface area contributed by atoms with E-state index in [9.17, 15) is 9.18 Å². The number of amides is 1. The van der Waals surface area contributed by atoms with Crippen molar-refractivity contribution in [2.75, 3.05) is 6.54 Å². The molecule has 94 valence electrons. The van der Waals surface area contributed by atoms with E-state index < -0.39 is 0 Å². The molecule has 0 aromatic heterocycles. The second-order valence-electron chi connectivity index (χ2n) is 4.07. The molecule has 1 aromatic carbocycles. The molecule has 2 nitrogen and oxygen atoms in total. The average Bonchev–Trinajstić information content (AvgIpc) is 2.27. The van der Waals surface area contributed by atoms with E-state index in [4.69, 9.17) is 11.6 Å². The normalized spacial score (nSPS) is 12.2. The van der Waals surface area contributed by atoms with Crippen LogP contribution in [0.1, 0.15) is 35.7 Å². The lowest BCUT2D eigenvalue weighted by molar-refractivity contribution is 0.0952. The van der Waals surface area contributed by atoms with E-state index in [1.54, 1.807) is 13.0 Å². The van der Waals surface area contributed by atoms with Crippen molar-refractivity contribution in [1.29, 1.82) is 0 Å². The van der Waals surface area contributed by atoms with Crippen LogP contribution in [0.2, 0.25) is 0 Å². The van der Waals surface area contributed by atoms with Crippen LogP contribution in [-0.2, 0) is 0 Å². The average molecular weight is 258 g/mol. The molecule has 1 unspecified atom stereocenters. The Morgan fingerprint density at radius 2 is 2.18 bits per heavy atom. The predicted octanol–water partition coefficient (Wildman–Crippen LogP) is 3.27. The number of carbonyl (C=O) groups is 1. The van der Waals surface area contributed by atoms with Crippen LogP contribution >= 0.6 is 11.6 Å². The van der Waals surface area contributed by atoms with Gasteiger partial charge >= 0.3 is 0 Å². The molecule has 0 saturated carbocycles. The Morgan fingerprint density at radius 3 is 2.76 bits per heavy atom. The fourth-order valence-electron chi connectivity index (χ4n) is 1.52. The third kappa shape index (κ3) is 4.73. The van der Waals surface area contributed by atoms with Crippen LogP contribution in [0, 0.1) is 12.7 Å². The van der Waals surface area contributed by atoms with Crippen molar-refractivity contribution in [1.82, 2.24) is 5.32 Å². The van der Waals surface area contributed by atoms with Crippen molar-refractivity contribution in [2.24, 2.45) is 0 Å². The number of carbonyl (C=O) groups excluding carboxylic acids is 1. The highest BCUT2D eigenvalue weighted by atomic mass is 35.5. The van der Waals surface area contributed by atoms with Crippen LogP contribution in [0.15, 0.2) is 18.2 Å². The fraction of sp³-hybridized carbons (Fsp3) is 0.462. The van der Waals surface area contributed by atoms with Crippen LogP contribution in [0.3, 0.4) is 0 Å². The van der Waals surface area contributed by atoms with Gasteiger partial charge in [-0.2, -0.15) is 0 Å². The van der Waals surface area contributed by atoms with Gasteiger partial charge in [-0.25, -0.2) is 4.39 Å². The lowest BCUT2D eigenvalue weighted by atomic mass is 10.1. The van der Waals surface area contributed by atoms with Crippen LogP contribution in [0.25, 0.3) is 0 Å². The van der Waals surface area contributed by atoms with Crippen molar-refractivity contribution < 1.29 is 9.18 Å². The van der Waals surface area contributed by atoms with Gasteiger partial charge in [0.2, 0.25) is 0 Å². The van der Waals surface area contributed by atoms with Crippen molar-refractivity contribution in [2.45, 2.75) is 32.1 Å². The first-order valence-electron chi connectivity index (χ1n) is 5.72. The smallest absolute Gasteiger partial charge is 0.251 e. The van der Waals surface area contributed by atoms with Gasteiger partial charge in [0.15, 0.2) is 0 Å². The molecule has 0 bridgehead atoms. The van der Waals surface area contributed by atoms with E-state index in [-0.39, 0.29) is 17.1 Å². The summed E-state index contributed by atoms with van der Waals surface area (Å²) in [7, 11) is 0. The number of benzene rings is 1. The monoisotopic (exact) mass is 257 g/mol. The number of nitrogens with one attached hydrogen (secondary N) is 1. The number of hydrogen-bond donors (Lipinski definition) is 1. The number of halogens is 2. The van der Waals surface area contributed by atoms with E-state index in [0.717, 1.165) is 18.4 Å². The zero-order valence-electron chi connectivity index (χ0n) is 10.1.